The Bertz CT molecular complexity index is 882. The molecule has 0 aromatic heterocycles. The number of carbonyl (C=O) groups is 2. The average Bonchev–Trinajstić information content (AvgIpc) is 3.06. The standard InChI is InChI=1S/C19H25N3O6S/c1-2-27-15-3-5-16(6-4-15)28-11-10-20-19(24)17-7-8-18(23)22(21-17)14-9-12-29(25,26)13-14/h3-6,14H,2,7-13H2,1H3,(H,20,24)/t14-/m1/s1. The van der Waals surface area contributed by atoms with E-state index in [9.17, 15) is 18.0 Å². The molecule has 0 saturated carbocycles. The lowest BCUT2D eigenvalue weighted by atomic mass is 10.1. The summed E-state index contributed by atoms with van der Waals surface area (Å²) in [6.07, 6.45) is 0.730. The highest BCUT2D eigenvalue weighted by Crippen LogP contribution is 2.22. The van der Waals surface area contributed by atoms with Crippen molar-refractivity contribution in [2.45, 2.75) is 32.2 Å². The van der Waals surface area contributed by atoms with Crippen molar-refractivity contribution in [1.82, 2.24) is 10.3 Å². The van der Waals surface area contributed by atoms with Crippen molar-refractivity contribution in [3.63, 3.8) is 0 Å². The Morgan fingerprint density at radius 3 is 2.52 bits per heavy atom. The molecule has 1 aromatic carbocycles. The molecule has 2 aliphatic heterocycles. The van der Waals surface area contributed by atoms with Crippen LogP contribution in [0.1, 0.15) is 26.2 Å². The first-order chi connectivity index (χ1) is 13.9. The lowest BCUT2D eigenvalue weighted by Crippen LogP contribution is -2.44. The van der Waals surface area contributed by atoms with E-state index in [2.05, 4.69) is 10.4 Å². The number of nitrogens with one attached hydrogen (secondary N) is 1. The van der Waals surface area contributed by atoms with Crippen LogP contribution < -0.4 is 14.8 Å². The Kier molecular flexibility index (Phi) is 6.73. The third-order valence-corrected chi connectivity index (χ3v) is 6.42. The van der Waals surface area contributed by atoms with Crippen molar-refractivity contribution in [2.75, 3.05) is 31.3 Å². The molecule has 3 rings (SSSR count). The monoisotopic (exact) mass is 423 g/mol. The van der Waals surface area contributed by atoms with Crippen LogP contribution in [-0.4, -0.2) is 68.3 Å². The van der Waals surface area contributed by atoms with E-state index in [-0.39, 0.29) is 55.0 Å². The zero-order valence-corrected chi connectivity index (χ0v) is 17.1. The lowest BCUT2D eigenvalue weighted by Gasteiger charge is -2.27. The molecule has 1 atom stereocenters. The van der Waals surface area contributed by atoms with Crippen LogP contribution in [0.5, 0.6) is 11.5 Å². The van der Waals surface area contributed by atoms with Crippen LogP contribution in [0.15, 0.2) is 29.4 Å². The minimum Gasteiger partial charge on any atom is -0.494 e. The van der Waals surface area contributed by atoms with Crippen LogP contribution in [0, 0.1) is 0 Å². The summed E-state index contributed by atoms with van der Waals surface area (Å²) in [5.74, 6) is 0.740. The number of amides is 2. The number of carbonyl (C=O) groups excluding carboxylic acids is 2. The Labute approximate surface area is 170 Å². The molecule has 9 nitrogen and oxygen atoms in total. The molecule has 0 aliphatic carbocycles. The van der Waals surface area contributed by atoms with Crippen LogP contribution in [0.25, 0.3) is 0 Å². The van der Waals surface area contributed by atoms with Gasteiger partial charge >= 0.3 is 0 Å². The number of rotatable bonds is 8. The quantitative estimate of drug-likeness (QED) is 0.617. The topological polar surface area (TPSA) is 114 Å². The van der Waals surface area contributed by atoms with Crippen LogP contribution in [0.2, 0.25) is 0 Å². The lowest BCUT2D eigenvalue weighted by molar-refractivity contribution is -0.133. The van der Waals surface area contributed by atoms with Gasteiger partial charge < -0.3 is 14.8 Å². The summed E-state index contributed by atoms with van der Waals surface area (Å²) >= 11 is 0. The van der Waals surface area contributed by atoms with Crippen LogP contribution >= 0.6 is 0 Å². The zero-order valence-electron chi connectivity index (χ0n) is 16.3. The van der Waals surface area contributed by atoms with Crippen molar-refractivity contribution < 1.29 is 27.5 Å². The first-order valence-corrected chi connectivity index (χ1v) is 11.4. The number of hydrogen-bond donors (Lipinski definition) is 1. The van der Waals surface area contributed by atoms with E-state index in [1.165, 1.54) is 5.01 Å². The molecule has 0 unspecified atom stereocenters. The minimum absolute atomic E-state index is 0.0430. The highest BCUT2D eigenvalue weighted by Gasteiger charge is 2.37. The van der Waals surface area contributed by atoms with Crippen LogP contribution in [0.3, 0.4) is 0 Å². The van der Waals surface area contributed by atoms with Gasteiger partial charge in [0.2, 0.25) is 5.91 Å². The molecule has 0 bridgehead atoms. The fraction of sp³-hybridized carbons (Fsp3) is 0.526. The van der Waals surface area contributed by atoms with Gasteiger partial charge in [-0.2, -0.15) is 5.10 Å². The first kappa shape index (κ1) is 21.1. The zero-order chi connectivity index (χ0) is 20.9. The van der Waals surface area contributed by atoms with Crippen molar-refractivity contribution in [2.24, 2.45) is 5.10 Å². The van der Waals surface area contributed by atoms with Gasteiger partial charge in [0, 0.05) is 12.8 Å². The fourth-order valence-corrected chi connectivity index (χ4v) is 4.91. The van der Waals surface area contributed by atoms with Gasteiger partial charge in [0.15, 0.2) is 9.84 Å². The Morgan fingerprint density at radius 2 is 1.90 bits per heavy atom. The Hall–Kier alpha value is -2.62. The van der Waals surface area contributed by atoms with Crippen molar-refractivity contribution >= 4 is 27.4 Å². The maximum absolute atomic E-state index is 12.4. The second kappa shape index (κ2) is 9.25. The summed E-state index contributed by atoms with van der Waals surface area (Å²) in [5.41, 5.74) is 0.231. The second-order valence-electron chi connectivity index (χ2n) is 6.85. The maximum Gasteiger partial charge on any atom is 0.267 e. The summed E-state index contributed by atoms with van der Waals surface area (Å²) < 4.78 is 34.3. The average molecular weight is 423 g/mol. The molecule has 0 spiro atoms. The first-order valence-electron chi connectivity index (χ1n) is 9.62. The van der Waals surface area contributed by atoms with Crippen molar-refractivity contribution in [3.05, 3.63) is 24.3 Å². The maximum atomic E-state index is 12.4. The number of benzene rings is 1. The Morgan fingerprint density at radius 1 is 1.21 bits per heavy atom. The molecule has 0 radical (unpaired) electrons. The summed E-state index contributed by atoms with van der Waals surface area (Å²) in [7, 11) is -3.14. The SMILES string of the molecule is CCOc1ccc(OCCNC(=O)C2=NN([C@@H]3CCS(=O)(=O)C3)C(=O)CC2)cc1. The van der Waals surface area contributed by atoms with Gasteiger partial charge in [-0.3, -0.25) is 9.59 Å². The van der Waals surface area contributed by atoms with E-state index in [0.29, 0.717) is 18.8 Å². The number of ether oxygens (including phenoxy) is 2. The number of sulfone groups is 1. The molecule has 1 fully saturated rings. The molecule has 10 heteroatoms. The number of nitrogens with zero attached hydrogens (tertiary/aromatic N) is 2. The summed E-state index contributed by atoms with van der Waals surface area (Å²) in [6.45, 7) is 3.05. The summed E-state index contributed by atoms with van der Waals surface area (Å²) in [4.78, 5) is 24.5. The molecule has 29 heavy (non-hydrogen) atoms. The van der Waals surface area contributed by atoms with E-state index in [4.69, 9.17) is 9.47 Å². The normalized spacial score (nSPS) is 20.9. The molecule has 1 N–H and O–H groups in total. The summed E-state index contributed by atoms with van der Waals surface area (Å²) in [5, 5.41) is 8.04. The smallest absolute Gasteiger partial charge is 0.267 e. The van der Waals surface area contributed by atoms with Gasteiger partial charge in [0.25, 0.3) is 5.91 Å². The molecular formula is C19H25N3O6S. The van der Waals surface area contributed by atoms with Gasteiger partial charge in [-0.05, 0) is 37.6 Å². The number of hydrogen-bond acceptors (Lipinski definition) is 7. The van der Waals surface area contributed by atoms with Crippen LogP contribution in [-0.2, 0) is 19.4 Å². The predicted octanol–water partition coefficient (Wildman–Crippen LogP) is 0.746. The van der Waals surface area contributed by atoms with E-state index in [1.807, 2.05) is 19.1 Å². The largest absolute Gasteiger partial charge is 0.494 e. The van der Waals surface area contributed by atoms with Gasteiger partial charge in [-0.1, -0.05) is 0 Å². The van der Waals surface area contributed by atoms with Gasteiger partial charge in [-0.15, -0.1) is 0 Å². The highest BCUT2D eigenvalue weighted by molar-refractivity contribution is 7.91. The number of hydrazone groups is 1. The van der Waals surface area contributed by atoms with Gasteiger partial charge in [0.05, 0.1) is 30.7 Å². The fourth-order valence-electron chi connectivity index (χ4n) is 3.22. The van der Waals surface area contributed by atoms with Gasteiger partial charge in [0.1, 0.15) is 23.8 Å². The van der Waals surface area contributed by atoms with Crippen molar-refractivity contribution in [3.8, 4) is 11.5 Å². The molecular weight excluding hydrogens is 398 g/mol. The molecule has 2 amide bonds. The minimum atomic E-state index is -3.14. The molecule has 2 heterocycles. The van der Waals surface area contributed by atoms with E-state index < -0.39 is 15.9 Å². The third-order valence-electron chi connectivity index (χ3n) is 4.67. The Balaban J connectivity index is 1.48. The molecule has 1 aromatic rings. The van der Waals surface area contributed by atoms with Crippen LogP contribution in [0.4, 0.5) is 0 Å². The highest BCUT2D eigenvalue weighted by atomic mass is 32.2. The second-order valence-corrected chi connectivity index (χ2v) is 9.08. The molecule has 2 aliphatic rings. The van der Waals surface area contributed by atoms with Gasteiger partial charge in [-0.25, -0.2) is 13.4 Å². The van der Waals surface area contributed by atoms with E-state index >= 15 is 0 Å². The van der Waals surface area contributed by atoms with E-state index in [0.717, 1.165) is 5.75 Å². The van der Waals surface area contributed by atoms with E-state index in [1.54, 1.807) is 12.1 Å². The predicted molar refractivity (Wildman–Crippen MR) is 107 cm³/mol. The van der Waals surface area contributed by atoms with Crippen molar-refractivity contribution in [1.29, 1.82) is 0 Å². The summed E-state index contributed by atoms with van der Waals surface area (Å²) in [6, 6.07) is 6.71. The molecule has 158 valence electrons. The third kappa shape index (κ3) is 5.69. The molecule has 1 saturated heterocycles.